The lowest BCUT2D eigenvalue weighted by molar-refractivity contribution is -0.141. The van der Waals surface area contributed by atoms with E-state index in [-0.39, 0.29) is 42.9 Å². The Bertz CT molecular complexity index is 1510. The number of aliphatic carboxylic acids is 1. The number of nitrogens with zero attached hydrogens (tertiary/aromatic N) is 1. The van der Waals surface area contributed by atoms with Crippen molar-refractivity contribution in [3.05, 3.63) is 72.4 Å². The van der Waals surface area contributed by atoms with Crippen molar-refractivity contribution in [2.24, 2.45) is 0 Å². The highest BCUT2D eigenvalue weighted by Crippen LogP contribution is 2.19. The Balaban J connectivity index is 1.52. The summed E-state index contributed by atoms with van der Waals surface area (Å²) in [6.45, 7) is 1.12. The summed E-state index contributed by atoms with van der Waals surface area (Å²) in [5.41, 5.74) is 1.15. The third kappa shape index (κ3) is 12.4. The fourth-order valence-electron chi connectivity index (χ4n) is 4.19. The smallest absolute Gasteiger partial charge is 0.307 e. The predicted molar refractivity (Wildman–Crippen MR) is 167 cm³/mol. The number of aromatic nitrogens is 1. The number of sulfonamides is 1. The molecule has 14 heteroatoms. The zero-order valence-corrected chi connectivity index (χ0v) is 26.0. The van der Waals surface area contributed by atoms with E-state index < -0.39 is 28.0 Å². The van der Waals surface area contributed by atoms with Gasteiger partial charge in [-0.25, -0.2) is 18.1 Å². The summed E-state index contributed by atoms with van der Waals surface area (Å²) in [4.78, 5) is 38.9. The zero-order valence-electron chi connectivity index (χ0n) is 25.2. The van der Waals surface area contributed by atoms with E-state index in [2.05, 4.69) is 20.3 Å². The summed E-state index contributed by atoms with van der Waals surface area (Å²) >= 11 is 0. The summed E-state index contributed by atoms with van der Waals surface area (Å²) in [6, 6.07) is 15.5. The molecule has 45 heavy (non-hydrogen) atoms. The van der Waals surface area contributed by atoms with Gasteiger partial charge in [0.25, 0.3) is 0 Å². The van der Waals surface area contributed by atoms with Crippen LogP contribution in [0.25, 0.3) is 0 Å². The molecule has 1 aromatic heterocycles. The number of nitrogens with one attached hydrogen (secondary N) is 3. The Hall–Kier alpha value is -4.69. The van der Waals surface area contributed by atoms with E-state index in [1.54, 1.807) is 49.7 Å². The van der Waals surface area contributed by atoms with Crippen LogP contribution in [0.15, 0.2) is 71.8 Å². The minimum absolute atomic E-state index is 0.0245. The highest BCUT2D eigenvalue weighted by molar-refractivity contribution is 7.89. The molecular formula is C31H38N4O9S. The molecule has 13 nitrogen and oxygen atoms in total. The quantitative estimate of drug-likeness (QED) is 0.111. The maximum atomic E-state index is 13.1. The first-order valence-electron chi connectivity index (χ1n) is 14.2. The normalized spacial score (nSPS) is 11.7. The van der Waals surface area contributed by atoms with E-state index in [0.29, 0.717) is 30.4 Å². The number of carbonyl (C=O) groups excluding carboxylic acids is 2. The molecule has 1 atom stereocenters. The molecule has 0 unspecified atom stereocenters. The number of carboxylic acid groups (broad SMARTS) is 1. The monoisotopic (exact) mass is 642 g/mol. The summed E-state index contributed by atoms with van der Waals surface area (Å²) in [5, 5.41) is 14.5. The van der Waals surface area contributed by atoms with Crippen LogP contribution < -0.4 is 24.8 Å². The first kappa shape index (κ1) is 34.8. The molecule has 3 aromatic rings. The molecule has 2 aromatic carbocycles. The second-order valence-corrected chi connectivity index (χ2v) is 11.7. The minimum Gasteiger partial charge on any atom is -0.497 e. The van der Waals surface area contributed by atoms with Crippen LogP contribution in [0.3, 0.4) is 0 Å². The maximum absolute atomic E-state index is 13.1. The van der Waals surface area contributed by atoms with Gasteiger partial charge in [-0.3, -0.25) is 14.4 Å². The van der Waals surface area contributed by atoms with E-state index in [0.717, 1.165) is 17.7 Å². The molecule has 4 N–H and O–H groups in total. The second kappa shape index (κ2) is 17.6. The summed E-state index contributed by atoms with van der Waals surface area (Å²) in [6.07, 6.45) is 2.52. The van der Waals surface area contributed by atoms with Gasteiger partial charge in [0.05, 0.1) is 32.1 Å². The third-order valence-corrected chi connectivity index (χ3v) is 8.01. The SMILES string of the molecule is COC(=O)C[C@H](Cc1ccc(OCCCNc2cc(OC)ccn2)cc1)NS(=O)(=O)c1ccc(NC(=O)CCCC(=O)O)cc1. The van der Waals surface area contributed by atoms with Crippen LogP contribution in [-0.2, 0) is 35.6 Å². The molecule has 242 valence electrons. The number of anilines is 2. The van der Waals surface area contributed by atoms with Gasteiger partial charge in [0.15, 0.2) is 0 Å². The van der Waals surface area contributed by atoms with E-state index in [9.17, 15) is 22.8 Å². The number of pyridine rings is 1. The predicted octanol–water partition coefficient (Wildman–Crippen LogP) is 3.62. The number of hydrogen-bond acceptors (Lipinski definition) is 10. The van der Waals surface area contributed by atoms with E-state index in [1.807, 2.05) is 0 Å². The molecule has 0 aliphatic heterocycles. The molecule has 0 fully saturated rings. The summed E-state index contributed by atoms with van der Waals surface area (Å²) in [7, 11) is -1.20. The number of hydrogen-bond donors (Lipinski definition) is 4. The van der Waals surface area contributed by atoms with Crippen LogP contribution in [-0.4, -0.2) is 69.8 Å². The number of amides is 1. The number of rotatable bonds is 19. The van der Waals surface area contributed by atoms with Crippen molar-refractivity contribution in [1.29, 1.82) is 0 Å². The molecule has 3 rings (SSSR count). The fourth-order valence-corrected chi connectivity index (χ4v) is 5.42. The first-order valence-corrected chi connectivity index (χ1v) is 15.7. The molecule has 0 spiro atoms. The van der Waals surface area contributed by atoms with Crippen LogP contribution in [0.5, 0.6) is 11.5 Å². The lowest BCUT2D eigenvalue weighted by atomic mass is 10.0. The highest BCUT2D eigenvalue weighted by Gasteiger charge is 2.23. The van der Waals surface area contributed by atoms with Crippen molar-refractivity contribution in [2.45, 2.75) is 49.5 Å². The van der Waals surface area contributed by atoms with E-state index >= 15 is 0 Å². The van der Waals surface area contributed by atoms with E-state index in [4.69, 9.17) is 19.3 Å². The molecule has 0 radical (unpaired) electrons. The van der Waals surface area contributed by atoms with Gasteiger partial charge in [0.2, 0.25) is 15.9 Å². The maximum Gasteiger partial charge on any atom is 0.307 e. The van der Waals surface area contributed by atoms with Gasteiger partial charge >= 0.3 is 11.9 Å². The van der Waals surface area contributed by atoms with Crippen molar-refractivity contribution in [3.8, 4) is 11.5 Å². The Morgan fingerprint density at radius 1 is 0.933 bits per heavy atom. The molecule has 0 aliphatic rings. The van der Waals surface area contributed by atoms with Gasteiger partial charge in [0, 0.05) is 43.4 Å². The van der Waals surface area contributed by atoms with Gasteiger partial charge in [-0.2, -0.15) is 0 Å². The van der Waals surface area contributed by atoms with Gasteiger partial charge in [-0.05, 0) is 67.3 Å². The molecule has 0 bridgehead atoms. The Morgan fingerprint density at radius 2 is 1.67 bits per heavy atom. The topological polar surface area (TPSA) is 182 Å². The number of esters is 1. The van der Waals surface area contributed by atoms with Crippen LogP contribution in [0.2, 0.25) is 0 Å². The number of methoxy groups -OCH3 is 2. The Labute approximate surface area is 262 Å². The van der Waals surface area contributed by atoms with Gasteiger partial charge in [0.1, 0.15) is 17.3 Å². The lowest BCUT2D eigenvalue weighted by Crippen LogP contribution is -2.38. The Kier molecular flexibility index (Phi) is 13.6. The molecule has 1 amide bonds. The molecule has 1 heterocycles. The number of benzene rings is 2. The van der Waals surface area contributed by atoms with Crippen molar-refractivity contribution >= 4 is 39.4 Å². The van der Waals surface area contributed by atoms with E-state index in [1.165, 1.54) is 31.4 Å². The first-order chi connectivity index (χ1) is 21.6. The number of ether oxygens (including phenoxy) is 3. The van der Waals surface area contributed by atoms with Crippen molar-refractivity contribution < 1.29 is 42.1 Å². The largest absolute Gasteiger partial charge is 0.497 e. The van der Waals surface area contributed by atoms with Crippen molar-refractivity contribution in [1.82, 2.24) is 9.71 Å². The molecular weight excluding hydrogens is 604 g/mol. The van der Waals surface area contributed by atoms with Gasteiger partial charge in [-0.1, -0.05) is 12.1 Å². The standard InChI is InChI=1S/C31H38N4O9S/c1-42-26-15-17-33-28(21-26)32-16-4-18-44-25-11-7-22(8-12-25)19-24(20-31(39)43-2)35-45(40,41)27-13-9-23(10-14-27)34-29(36)5-3-6-30(37)38/h7-15,17,21,24,35H,3-6,16,18-20H2,1-2H3,(H,32,33)(H,34,36)(H,37,38)/t24-/m0/s1. The average Bonchev–Trinajstić information content (AvgIpc) is 3.01. The summed E-state index contributed by atoms with van der Waals surface area (Å²) in [5.74, 6) is 0.149. The molecule has 0 aliphatic carbocycles. The average molecular weight is 643 g/mol. The molecule has 0 saturated heterocycles. The van der Waals surface area contributed by atoms with Crippen molar-refractivity contribution in [2.75, 3.05) is 38.0 Å². The Morgan fingerprint density at radius 3 is 2.33 bits per heavy atom. The summed E-state index contributed by atoms with van der Waals surface area (Å²) < 4.78 is 44.6. The van der Waals surface area contributed by atoms with Crippen LogP contribution in [0.4, 0.5) is 11.5 Å². The van der Waals surface area contributed by atoms with Crippen LogP contribution in [0.1, 0.15) is 37.7 Å². The zero-order chi connectivity index (χ0) is 32.7. The second-order valence-electron chi connectivity index (χ2n) is 9.98. The molecule has 0 saturated carbocycles. The minimum atomic E-state index is -4.03. The number of carboxylic acids is 1. The van der Waals surface area contributed by atoms with Crippen LogP contribution >= 0.6 is 0 Å². The number of carbonyl (C=O) groups is 3. The van der Waals surface area contributed by atoms with Crippen molar-refractivity contribution in [3.63, 3.8) is 0 Å². The van der Waals surface area contributed by atoms with Gasteiger partial charge < -0.3 is 30.0 Å². The van der Waals surface area contributed by atoms with Crippen LogP contribution in [0, 0.1) is 0 Å². The van der Waals surface area contributed by atoms with Gasteiger partial charge in [-0.15, -0.1) is 0 Å². The highest BCUT2D eigenvalue weighted by atomic mass is 32.2. The lowest BCUT2D eigenvalue weighted by Gasteiger charge is -2.18. The fraction of sp³-hybridized carbons (Fsp3) is 0.355. The third-order valence-electron chi connectivity index (χ3n) is 6.47.